The number of para-hydroxylation sites is 1. The number of aromatic nitrogens is 4. The molecule has 0 unspecified atom stereocenters. The molecule has 5 aromatic rings. The van der Waals surface area contributed by atoms with Gasteiger partial charge in [-0.2, -0.15) is 10.1 Å². The number of carbonyl (C=O) groups excluding carboxylic acids is 1. The van der Waals surface area contributed by atoms with Gasteiger partial charge >= 0.3 is 0 Å². The molecule has 0 bridgehead atoms. The van der Waals surface area contributed by atoms with Crippen LogP contribution in [-0.2, 0) is 11.3 Å². The largest absolute Gasteiger partial charge is 0.482 e. The van der Waals surface area contributed by atoms with E-state index in [4.69, 9.17) is 20.9 Å². The third-order valence-corrected chi connectivity index (χ3v) is 6.73. The predicted molar refractivity (Wildman–Crippen MR) is 125 cm³/mol. The maximum absolute atomic E-state index is 12.5. The number of thiophene rings is 1. The van der Waals surface area contributed by atoms with Crippen LogP contribution in [0, 0.1) is 6.92 Å². The normalized spacial score (nSPS) is 13.4. The lowest BCUT2D eigenvalue weighted by Gasteiger charge is -2.28. The van der Waals surface area contributed by atoms with Gasteiger partial charge in [-0.05, 0) is 43.3 Å². The smallest absolute Gasteiger partial charge is 0.265 e. The van der Waals surface area contributed by atoms with E-state index < -0.39 is 0 Å². The van der Waals surface area contributed by atoms with Gasteiger partial charge in [-0.25, -0.2) is 4.68 Å². The Bertz CT molecular complexity index is 1510. The fraction of sp³-hybridized carbons (Fsp3) is 0.130. The van der Waals surface area contributed by atoms with Crippen LogP contribution in [0.15, 0.2) is 59.1 Å². The van der Waals surface area contributed by atoms with Crippen LogP contribution in [0.2, 0.25) is 5.02 Å². The van der Waals surface area contributed by atoms with E-state index in [0.717, 1.165) is 26.5 Å². The summed E-state index contributed by atoms with van der Waals surface area (Å²) in [6, 6.07) is 17.1. The summed E-state index contributed by atoms with van der Waals surface area (Å²) in [5.41, 5.74) is 2.49. The van der Waals surface area contributed by atoms with Crippen LogP contribution in [0.25, 0.3) is 26.6 Å². The third kappa shape index (κ3) is 3.46. The molecule has 10 heteroatoms. The molecule has 4 heterocycles. The SMILES string of the molecule is Cc1nn(-c2ccccc2)c2sc(-c3noc(CN4C(=O)COc5ccc(Cl)cc54)n3)cc12. The van der Waals surface area contributed by atoms with E-state index >= 15 is 0 Å². The zero-order valence-electron chi connectivity index (χ0n) is 17.4. The molecule has 1 amide bonds. The summed E-state index contributed by atoms with van der Waals surface area (Å²) in [5.74, 6) is 1.18. The van der Waals surface area contributed by atoms with Crippen molar-refractivity contribution in [2.24, 2.45) is 0 Å². The number of rotatable bonds is 4. The predicted octanol–water partition coefficient (Wildman–Crippen LogP) is 5.02. The Balaban J connectivity index is 1.33. The van der Waals surface area contributed by atoms with Gasteiger partial charge in [0.25, 0.3) is 5.91 Å². The second-order valence-electron chi connectivity index (χ2n) is 7.55. The van der Waals surface area contributed by atoms with Crippen molar-refractivity contribution in [3.8, 4) is 22.1 Å². The van der Waals surface area contributed by atoms with E-state index in [9.17, 15) is 4.79 Å². The van der Waals surface area contributed by atoms with E-state index in [1.165, 1.54) is 0 Å². The average molecular weight is 478 g/mol. The number of anilines is 1. The lowest BCUT2D eigenvalue weighted by Crippen LogP contribution is -2.38. The van der Waals surface area contributed by atoms with Crippen molar-refractivity contribution in [3.05, 3.63) is 71.2 Å². The highest BCUT2D eigenvalue weighted by Gasteiger charge is 2.28. The Morgan fingerprint density at radius 2 is 2.00 bits per heavy atom. The number of ether oxygens (including phenoxy) is 1. The van der Waals surface area contributed by atoms with Gasteiger partial charge in [0.1, 0.15) is 17.1 Å². The van der Waals surface area contributed by atoms with Crippen LogP contribution in [0.5, 0.6) is 5.75 Å². The number of aryl methyl sites for hydroxylation is 1. The number of fused-ring (bicyclic) bond motifs is 2. The van der Waals surface area contributed by atoms with Crippen LogP contribution in [0.3, 0.4) is 0 Å². The van der Waals surface area contributed by atoms with E-state index in [0.29, 0.717) is 28.2 Å². The molecular weight excluding hydrogens is 462 g/mol. The molecule has 33 heavy (non-hydrogen) atoms. The standard InChI is InChI=1S/C23H16ClN5O3S/c1-13-16-10-19(33-23(16)29(26-13)15-5-3-2-4-6-15)22-25-20(32-27-22)11-28-17-9-14(24)7-8-18(17)31-12-21(28)30/h2-10H,11-12H2,1H3. The maximum atomic E-state index is 12.5. The summed E-state index contributed by atoms with van der Waals surface area (Å²) in [4.78, 5) is 20.5. The minimum absolute atomic E-state index is 0.0544. The number of benzene rings is 2. The molecule has 0 atom stereocenters. The van der Waals surface area contributed by atoms with E-state index in [1.807, 2.05) is 48.0 Å². The molecule has 0 N–H and O–H groups in total. The molecule has 0 fully saturated rings. The van der Waals surface area contributed by atoms with Crippen molar-refractivity contribution in [1.82, 2.24) is 19.9 Å². The van der Waals surface area contributed by atoms with Crippen LogP contribution >= 0.6 is 22.9 Å². The minimum atomic E-state index is -0.204. The van der Waals surface area contributed by atoms with E-state index in [1.54, 1.807) is 34.4 Å². The number of carbonyl (C=O) groups is 1. The Labute approximate surface area is 197 Å². The molecule has 0 spiro atoms. The van der Waals surface area contributed by atoms with Crippen molar-refractivity contribution in [3.63, 3.8) is 0 Å². The van der Waals surface area contributed by atoms with E-state index in [-0.39, 0.29) is 19.1 Å². The fourth-order valence-electron chi connectivity index (χ4n) is 3.80. The zero-order chi connectivity index (χ0) is 22.5. The highest BCUT2D eigenvalue weighted by Crippen LogP contribution is 2.37. The maximum Gasteiger partial charge on any atom is 0.265 e. The van der Waals surface area contributed by atoms with Crippen LogP contribution in [-0.4, -0.2) is 32.4 Å². The molecule has 3 aromatic heterocycles. The number of hydrogen-bond acceptors (Lipinski definition) is 7. The Hall–Kier alpha value is -3.69. The summed E-state index contributed by atoms with van der Waals surface area (Å²) in [6.45, 7) is 2.05. The van der Waals surface area contributed by atoms with Gasteiger partial charge < -0.3 is 9.26 Å². The van der Waals surface area contributed by atoms with Crippen molar-refractivity contribution in [1.29, 1.82) is 0 Å². The summed E-state index contributed by atoms with van der Waals surface area (Å²) in [6.07, 6.45) is 0. The van der Waals surface area contributed by atoms with Crippen LogP contribution < -0.4 is 9.64 Å². The highest BCUT2D eigenvalue weighted by molar-refractivity contribution is 7.21. The summed E-state index contributed by atoms with van der Waals surface area (Å²) in [5, 5.41) is 10.4. The first kappa shape index (κ1) is 20.0. The highest BCUT2D eigenvalue weighted by atomic mass is 35.5. The third-order valence-electron chi connectivity index (χ3n) is 5.39. The monoisotopic (exact) mass is 477 g/mol. The van der Waals surface area contributed by atoms with Crippen molar-refractivity contribution >= 4 is 44.7 Å². The number of halogens is 1. The average Bonchev–Trinajstić information content (AvgIpc) is 3.53. The molecule has 6 rings (SSSR count). The Morgan fingerprint density at radius 1 is 1.15 bits per heavy atom. The molecule has 2 aromatic carbocycles. The second kappa shape index (κ2) is 7.72. The topological polar surface area (TPSA) is 86.3 Å². The van der Waals surface area contributed by atoms with Crippen molar-refractivity contribution < 1.29 is 14.1 Å². The first-order valence-corrected chi connectivity index (χ1v) is 11.4. The molecule has 0 saturated heterocycles. The van der Waals surface area contributed by atoms with E-state index in [2.05, 4.69) is 15.2 Å². The number of hydrogen-bond donors (Lipinski definition) is 0. The zero-order valence-corrected chi connectivity index (χ0v) is 18.9. The summed E-state index contributed by atoms with van der Waals surface area (Å²) >= 11 is 7.66. The van der Waals surface area contributed by atoms with Gasteiger partial charge in [-0.3, -0.25) is 9.69 Å². The van der Waals surface area contributed by atoms with Crippen molar-refractivity contribution in [2.45, 2.75) is 13.5 Å². The quantitative estimate of drug-likeness (QED) is 0.361. The first-order valence-electron chi connectivity index (χ1n) is 10.2. The Kier molecular flexibility index (Phi) is 4.67. The molecule has 164 valence electrons. The molecule has 8 nitrogen and oxygen atoms in total. The summed E-state index contributed by atoms with van der Waals surface area (Å²) < 4.78 is 12.9. The molecule has 0 aliphatic carbocycles. The van der Waals surface area contributed by atoms with Gasteiger partial charge in [0, 0.05) is 10.4 Å². The van der Waals surface area contributed by atoms with Gasteiger partial charge in [0.15, 0.2) is 6.61 Å². The molecule has 1 aliphatic rings. The summed E-state index contributed by atoms with van der Waals surface area (Å²) in [7, 11) is 0. The number of nitrogens with zero attached hydrogens (tertiary/aromatic N) is 5. The molecule has 1 aliphatic heterocycles. The lowest BCUT2D eigenvalue weighted by atomic mass is 10.2. The molecular formula is C23H16ClN5O3S. The Morgan fingerprint density at radius 3 is 2.85 bits per heavy atom. The molecule has 0 saturated carbocycles. The van der Waals surface area contributed by atoms with Gasteiger partial charge in [-0.1, -0.05) is 35.0 Å². The van der Waals surface area contributed by atoms with Gasteiger partial charge in [0.05, 0.1) is 21.9 Å². The van der Waals surface area contributed by atoms with Crippen LogP contribution in [0.4, 0.5) is 5.69 Å². The van der Waals surface area contributed by atoms with Gasteiger partial charge in [0.2, 0.25) is 11.7 Å². The lowest BCUT2D eigenvalue weighted by molar-refractivity contribution is -0.121. The van der Waals surface area contributed by atoms with Crippen molar-refractivity contribution in [2.75, 3.05) is 11.5 Å². The fourth-order valence-corrected chi connectivity index (χ4v) is 5.08. The minimum Gasteiger partial charge on any atom is -0.482 e. The van der Waals surface area contributed by atoms with Crippen LogP contribution in [0.1, 0.15) is 11.6 Å². The number of amides is 1. The first-order chi connectivity index (χ1) is 16.1. The molecule has 0 radical (unpaired) electrons. The second-order valence-corrected chi connectivity index (χ2v) is 9.02. The van der Waals surface area contributed by atoms with Gasteiger partial charge in [-0.15, -0.1) is 11.3 Å².